The Morgan fingerprint density at radius 2 is 1.41 bits per heavy atom. The number of alkyl halides is 6. The summed E-state index contributed by atoms with van der Waals surface area (Å²) in [6.07, 6.45) is -15.6. The highest BCUT2D eigenvalue weighted by Crippen LogP contribution is 2.46. The lowest BCUT2D eigenvalue weighted by Crippen LogP contribution is -2.58. The highest BCUT2D eigenvalue weighted by Gasteiger charge is 2.70. The summed E-state index contributed by atoms with van der Waals surface area (Å²) < 4.78 is 80.8. The van der Waals surface area contributed by atoms with Gasteiger partial charge in [-0.3, -0.25) is 4.79 Å². The number of carbonyl (C=O) groups is 1. The van der Waals surface area contributed by atoms with Crippen molar-refractivity contribution in [2.75, 3.05) is 0 Å². The third kappa shape index (κ3) is 5.33. The van der Waals surface area contributed by atoms with E-state index in [1.807, 2.05) is 0 Å². The van der Waals surface area contributed by atoms with Crippen LogP contribution in [0.2, 0.25) is 0 Å². The van der Waals surface area contributed by atoms with Crippen LogP contribution in [0.25, 0.3) is 0 Å². The van der Waals surface area contributed by atoms with Crippen LogP contribution in [0.4, 0.5) is 26.3 Å². The average Bonchev–Trinajstić information content (AvgIpc) is 2.24. The lowest BCUT2D eigenvalue weighted by molar-refractivity contribution is -0.374. The summed E-state index contributed by atoms with van der Waals surface area (Å²) in [5, 5.41) is 9.18. The first kappa shape index (κ1) is 21.0. The van der Waals surface area contributed by atoms with E-state index in [2.05, 4.69) is 0 Å². The lowest BCUT2D eigenvalue weighted by atomic mass is 9.90. The van der Waals surface area contributed by atoms with Gasteiger partial charge >= 0.3 is 18.3 Å². The molecule has 0 fully saturated rings. The van der Waals surface area contributed by atoms with Crippen molar-refractivity contribution >= 4 is 5.97 Å². The van der Waals surface area contributed by atoms with Crippen LogP contribution in [0.5, 0.6) is 0 Å². The molecule has 1 atom stereocenters. The number of aliphatic hydroxyl groups is 1. The number of hydrogen-bond acceptors (Lipinski definition) is 3. The number of halogens is 6. The van der Waals surface area contributed by atoms with Crippen LogP contribution in [0.15, 0.2) is 0 Å². The van der Waals surface area contributed by atoms with Gasteiger partial charge in [0.15, 0.2) is 0 Å². The molecule has 0 bridgehead atoms. The second-order valence-corrected chi connectivity index (χ2v) is 5.90. The van der Waals surface area contributed by atoms with E-state index in [9.17, 15) is 36.2 Å². The first-order valence-corrected chi connectivity index (χ1v) is 6.68. The molecular formula is C13H20F6O3. The van der Waals surface area contributed by atoms with E-state index in [1.54, 1.807) is 13.8 Å². The molecule has 1 unspecified atom stereocenters. The summed E-state index contributed by atoms with van der Waals surface area (Å²) >= 11 is 0. The van der Waals surface area contributed by atoms with Crippen LogP contribution in [-0.2, 0) is 9.53 Å². The molecule has 0 aromatic carbocycles. The number of ether oxygens (including phenoxy) is 1. The summed E-state index contributed by atoms with van der Waals surface area (Å²) in [7, 11) is 0. The molecule has 0 spiro atoms. The molecule has 0 aromatic rings. The third-order valence-electron chi connectivity index (χ3n) is 2.95. The first-order chi connectivity index (χ1) is 9.61. The number of esters is 1. The van der Waals surface area contributed by atoms with Gasteiger partial charge < -0.3 is 9.84 Å². The van der Waals surface area contributed by atoms with Crippen LogP contribution >= 0.6 is 0 Å². The fourth-order valence-electron chi connectivity index (χ4n) is 1.72. The molecule has 132 valence electrons. The molecule has 0 aliphatic heterocycles. The van der Waals surface area contributed by atoms with Gasteiger partial charge in [-0.15, -0.1) is 0 Å². The predicted octanol–water partition coefficient (Wildman–Crippen LogP) is 3.85. The van der Waals surface area contributed by atoms with Crippen molar-refractivity contribution < 1.29 is 41.0 Å². The largest absolute Gasteiger partial charge is 0.462 e. The lowest BCUT2D eigenvalue weighted by Gasteiger charge is -2.35. The molecular weight excluding hydrogens is 318 g/mol. The van der Waals surface area contributed by atoms with Crippen molar-refractivity contribution in [2.24, 2.45) is 11.8 Å². The maximum absolute atomic E-state index is 12.7. The van der Waals surface area contributed by atoms with Gasteiger partial charge in [0.2, 0.25) is 0 Å². The van der Waals surface area contributed by atoms with Crippen molar-refractivity contribution in [1.29, 1.82) is 0 Å². The van der Waals surface area contributed by atoms with Gasteiger partial charge in [0.1, 0.15) is 6.10 Å². The van der Waals surface area contributed by atoms with E-state index < -0.39 is 42.4 Å². The standard InChI is InChI=1S/C13H20F6O3/c1-7(2)5-9(22-10(20)8(3)4)6-11(21,12(14,15)16)13(17,18)19/h7-9,21H,5-6H2,1-4H3. The summed E-state index contributed by atoms with van der Waals surface area (Å²) in [5.74, 6) is -1.95. The minimum absolute atomic E-state index is 0.229. The maximum atomic E-state index is 12.7. The Labute approximate surface area is 124 Å². The summed E-state index contributed by atoms with van der Waals surface area (Å²) in [6, 6.07) is 0. The Bertz CT molecular complexity index is 359. The fourth-order valence-corrected chi connectivity index (χ4v) is 1.72. The second kappa shape index (κ2) is 7.06. The molecule has 0 saturated carbocycles. The van der Waals surface area contributed by atoms with Gasteiger partial charge in [0, 0.05) is 6.42 Å². The van der Waals surface area contributed by atoms with Gasteiger partial charge in [-0.05, 0) is 12.3 Å². The molecule has 0 heterocycles. The summed E-state index contributed by atoms with van der Waals surface area (Å²) in [4.78, 5) is 11.5. The Morgan fingerprint density at radius 3 is 1.68 bits per heavy atom. The normalized spacial score (nSPS) is 15.3. The van der Waals surface area contributed by atoms with E-state index in [0.29, 0.717) is 0 Å². The highest BCUT2D eigenvalue weighted by molar-refractivity contribution is 5.71. The molecule has 1 N–H and O–H groups in total. The first-order valence-electron chi connectivity index (χ1n) is 6.68. The Hall–Kier alpha value is -0.990. The van der Waals surface area contributed by atoms with Gasteiger partial charge in [0.05, 0.1) is 5.92 Å². The minimum Gasteiger partial charge on any atom is -0.462 e. The molecule has 0 rings (SSSR count). The van der Waals surface area contributed by atoms with Gasteiger partial charge in [-0.1, -0.05) is 27.7 Å². The number of carbonyl (C=O) groups excluding carboxylic acids is 1. The molecule has 0 radical (unpaired) electrons. The SMILES string of the molecule is CC(C)CC(CC(O)(C(F)(F)F)C(F)(F)F)OC(=O)C(C)C. The fraction of sp³-hybridized carbons (Fsp3) is 0.923. The zero-order valence-corrected chi connectivity index (χ0v) is 12.7. The Morgan fingerprint density at radius 1 is 1.00 bits per heavy atom. The van der Waals surface area contributed by atoms with Gasteiger partial charge in [-0.25, -0.2) is 0 Å². The van der Waals surface area contributed by atoms with Crippen LogP contribution in [0, 0.1) is 11.8 Å². The Balaban J connectivity index is 5.43. The molecule has 0 aromatic heterocycles. The van der Waals surface area contributed by atoms with Crippen LogP contribution in [0.1, 0.15) is 40.5 Å². The quantitative estimate of drug-likeness (QED) is 0.591. The van der Waals surface area contributed by atoms with Crippen LogP contribution in [0.3, 0.4) is 0 Å². The monoisotopic (exact) mass is 338 g/mol. The Kier molecular flexibility index (Phi) is 6.74. The summed E-state index contributed by atoms with van der Waals surface area (Å²) in [5.41, 5.74) is -4.92. The van der Waals surface area contributed by atoms with E-state index >= 15 is 0 Å². The zero-order valence-electron chi connectivity index (χ0n) is 12.7. The molecule has 0 aliphatic rings. The smallest absolute Gasteiger partial charge is 0.426 e. The molecule has 22 heavy (non-hydrogen) atoms. The van der Waals surface area contributed by atoms with E-state index in [4.69, 9.17) is 4.74 Å². The van der Waals surface area contributed by atoms with Crippen molar-refractivity contribution in [3.8, 4) is 0 Å². The second-order valence-electron chi connectivity index (χ2n) is 5.90. The molecule has 0 amide bonds. The van der Waals surface area contributed by atoms with Crippen molar-refractivity contribution in [3.05, 3.63) is 0 Å². The van der Waals surface area contributed by atoms with Crippen molar-refractivity contribution in [3.63, 3.8) is 0 Å². The van der Waals surface area contributed by atoms with Crippen LogP contribution < -0.4 is 0 Å². The molecule has 0 aliphatic carbocycles. The predicted molar refractivity (Wildman–Crippen MR) is 65.8 cm³/mol. The van der Waals surface area contributed by atoms with Crippen molar-refractivity contribution in [2.45, 2.75) is 64.6 Å². The topological polar surface area (TPSA) is 46.5 Å². The minimum atomic E-state index is -5.93. The van der Waals surface area contributed by atoms with Gasteiger partial charge in [0.25, 0.3) is 5.60 Å². The van der Waals surface area contributed by atoms with Crippen LogP contribution in [-0.4, -0.2) is 35.1 Å². The molecule has 9 heteroatoms. The highest BCUT2D eigenvalue weighted by atomic mass is 19.4. The maximum Gasteiger partial charge on any atom is 0.426 e. The van der Waals surface area contributed by atoms with E-state index in [0.717, 1.165) is 0 Å². The van der Waals surface area contributed by atoms with Gasteiger partial charge in [-0.2, -0.15) is 26.3 Å². The molecule has 3 nitrogen and oxygen atoms in total. The molecule has 0 saturated heterocycles. The summed E-state index contributed by atoms with van der Waals surface area (Å²) in [6.45, 7) is 5.90. The zero-order chi connectivity index (χ0) is 17.9. The van der Waals surface area contributed by atoms with Crippen molar-refractivity contribution in [1.82, 2.24) is 0 Å². The number of rotatable bonds is 6. The van der Waals surface area contributed by atoms with E-state index in [1.165, 1.54) is 13.8 Å². The average molecular weight is 338 g/mol. The third-order valence-corrected chi connectivity index (χ3v) is 2.95. The van der Waals surface area contributed by atoms with E-state index in [-0.39, 0.29) is 12.3 Å². The number of hydrogen-bond donors (Lipinski definition) is 1.